The maximum Gasteiger partial charge on any atom is 0.249 e. The highest BCUT2D eigenvalue weighted by molar-refractivity contribution is 6.01. The average molecular weight is 400 g/mol. The maximum atomic E-state index is 13.1. The largest absolute Gasteiger partial charge is 0.387 e. The molecular weight excluding hydrogens is 376 g/mol. The van der Waals surface area contributed by atoms with Gasteiger partial charge in [-0.25, -0.2) is 0 Å². The lowest BCUT2D eigenvalue weighted by Crippen LogP contribution is -2.59. The van der Waals surface area contributed by atoms with Crippen LogP contribution in [0.5, 0.6) is 0 Å². The lowest BCUT2D eigenvalue weighted by atomic mass is 9.98. The Labute approximate surface area is 176 Å². The molecule has 5 nitrogen and oxygen atoms in total. The zero-order chi connectivity index (χ0) is 20.9. The molecule has 1 saturated heterocycles. The van der Waals surface area contributed by atoms with Crippen molar-refractivity contribution in [3.63, 3.8) is 0 Å². The van der Waals surface area contributed by atoms with E-state index in [1.54, 1.807) is 4.90 Å². The molecule has 0 aromatic heterocycles. The van der Waals surface area contributed by atoms with Crippen molar-refractivity contribution in [1.29, 1.82) is 0 Å². The highest BCUT2D eigenvalue weighted by atomic mass is 16.3. The standard InChI is InChI=1S/C25H24N2O3/c28-18-25(30)26-17-24(29)27(16-21(26)15-19-9-3-1-4-10-19)23-14-8-7-13-22(23)20-11-5-2-6-12-20/h1-14,21,28H,15-18H2/t21-/m1/s1. The first-order valence-electron chi connectivity index (χ1n) is 10.1. The lowest BCUT2D eigenvalue weighted by Gasteiger charge is -2.41. The van der Waals surface area contributed by atoms with Crippen molar-refractivity contribution in [2.24, 2.45) is 0 Å². The Morgan fingerprint density at radius 3 is 2.23 bits per heavy atom. The van der Waals surface area contributed by atoms with Crippen molar-refractivity contribution in [1.82, 2.24) is 4.90 Å². The molecule has 2 amide bonds. The number of nitrogens with zero attached hydrogens (tertiary/aromatic N) is 2. The summed E-state index contributed by atoms with van der Waals surface area (Å²) in [7, 11) is 0. The number of carbonyl (C=O) groups is 2. The van der Waals surface area contributed by atoms with Crippen LogP contribution in [0, 0.1) is 0 Å². The SMILES string of the molecule is O=C1CN(C(=O)CO)[C@H](Cc2ccccc2)CN1c1ccccc1-c1ccccc1. The zero-order valence-electron chi connectivity index (χ0n) is 16.6. The van der Waals surface area contributed by atoms with Crippen LogP contribution in [0.15, 0.2) is 84.9 Å². The second-order valence-corrected chi connectivity index (χ2v) is 7.41. The Kier molecular flexibility index (Phi) is 5.91. The van der Waals surface area contributed by atoms with Crippen molar-refractivity contribution in [3.05, 3.63) is 90.5 Å². The third kappa shape index (κ3) is 4.11. The highest BCUT2D eigenvalue weighted by Gasteiger charge is 2.36. The van der Waals surface area contributed by atoms with Crippen LogP contribution >= 0.6 is 0 Å². The Bertz CT molecular complexity index is 1020. The monoisotopic (exact) mass is 400 g/mol. The number of aliphatic hydroxyl groups excluding tert-OH is 1. The fourth-order valence-corrected chi connectivity index (χ4v) is 4.02. The zero-order valence-corrected chi connectivity index (χ0v) is 16.6. The van der Waals surface area contributed by atoms with Crippen LogP contribution in [0.25, 0.3) is 11.1 Å². The molecule has 0 unspecified atom stereocenters. The predicted molar refractivity (Wildman–Crippen MR) is 117 cm³/mol. The maximum absolute atomic E-state index is 13.1. The molecule has 0 saturated carbocycles. The summed E-state index contributed by atoms with van der Waals surface area (Å²) in [6.45, 7) is -0.261. The van der Waals surface area contributed by atoms with E-state index in [9.17, 15) is 14.7 Å². The molecule has 3 aromatic rings. The van der Waals surface area contributed by atoms with E-state index in [1.165, 1.54) is 4.90 Å². The number of para-hydroxylation sites is 1. The van der Waals surface area contributed by atoms with Gasteiger partial charge in [0.05, 0.1) is 11.7 Å². The molecule has 30 heavy (non-hydrogen) atoms. The molecule has 1 N–H and O–H groups in total. The van der Waals surface area contributed by atoms with Gasteiger partial charge in [-0.1, -0.05) is 78.9 Å². The molecule has 0 radical (unpaired) electrons. The Balaban J connectivity index is 1.68. The van der Waals surface area contributed by atoms with E-state index in [0.29, 0.717) is 13.0 Å². The summed E-state index contributed by atoms with van der Waals surface area (Å²) in [6.07, 6.45) is 0.615. The molecule has 1 atom stereocenters. The normalized spacial score (nSPS) is 16.6. The fraction of sp³-hybridized carbons (Fsp3) is 0.200. The molecule has 5 heteroatoms. The molecule has 1 aliphatic rings. The Morgan fingerprint density at radius 1 is 0.900 bits per heavy atom. The predicted octanol–water partition coefficient (Wildman–Crippen LogP) is 3.13. The molecular formula is C25H24N2O3. The topological polar surface area (TPSA) is 60.9 Å². The third-order valence-electron chi connectivity index (χ3n) is 5.49. The number of hydrogen-bond acceptors (Lipinski definition) is 3. The van der Waals surface area contributed by atoms with Gasteiger partial charge in [-0.05, 0) is 23.6 Å². The molecule has 1 fully saturated rings. The van der Waals surface area contributed by atoms with Gasteiger partial charge in [0.1, 0.15) is 13.2 Å². The summed E-state index contributed by atoms with van der Waals surface area (Å²) in [5, 5.41) is 9.42. The van der Waals surface area contributed by atoms with Gasteiger partial charge in [-0.3, -0.25) is 9.59 Å². The van der Waals surface area contributed by atoms with Crippen molar-refractivity contribution >= 4 is 17.5 Å². The second kappa shape index (κ2) is 8.93. The van der Waals surface area contributed by atoms with Crippen LogP contribution in [0.4, 0.5) is 5.69 Å². The van der Waals surface area contributed by atoms with Gasteiger partial charge in [0.15, 0.2) is 0 Å². The number of anilines is 1. The van der Waals surface area contributed by atoms with E-state index < -0.39 is 12.5 Å². The third-order valence-corrected chi connectivity index (χ3v) is 5.49. The van der Waals surface area contributed by atoms with E-state index >= 15 is 0 Å². The first kappa shape index (κ1) is 19.9. The van der Waals surface area contributed by atoms with Crippen molar-refractivity contribution in [2.75, 3.05) is 24.6 Å². The molecule has 0 bridgehead atoms. The van der Waals surface area contributed by atoms with Crippen molar-refractivity contribution in [2.45, 2.75) is 12.5 Å². The first-order valence-corrected chi connectivity index (χ1v) is 10.1. The molecule has 152 valence electrons. The summed E-state index contributed by atoms with van der Waals surface area (Å²) in [4.78, 5) is 28.7. The van der Waals surface area contributed by atoms with Crippen LogP contribution < -0.4 is 4.90 Å². The second-order valence-electron chi connectivity index (χ2n) is 7.41. The fourth-order valence-electron chi connectivity index (χ4n) is 4.02. The van der Waals surface area contributed by atoms with E-state index in [4.69, 9.17) is 0 Å². The van der Waals surface area contributed by atoms with Crippen molar-refractivity contribution in [3.8, 4) is 11.1 Å². The molecule has 1 heterocycles. The van der Waals surface area contributed by atoms with E-state index in [2.05, 4.69) is 0 Å². The van der Waals surface area contributed by atoms with Crippen LogP contribution in [-0.2, 0) is 16.0 Å². The first-order chi connectivity index (χ1) is 14.7. The summed E-state index contributed by atoms with van der Waals surface area (Å²) < 4.78 is 0. The van der Waals surface area contributed by atoms with Gasteiger partial charge in [0.2, 0.25) is 11.8 Å². The Morgan fingerprint density at radius 2 is 1.53 bits per heavy atom. The number of benzene rings is 3. The van der Waals surface area contributed by atoms with Crippen LogP contribution in [0.3, 0.4) is 0 Å². The number of amides is 2. The number of aliphatic hydroxyl groups is 1. The van der Waals surface area contributed by atoms with Gasteiger partial charge in [-0.2, -0.15) is 0 Å². The quantitative estimate of drug-likeness (QED) is 0.716. The highest BCUT2D eigenvalue weighted by Crippen LogP contribution is 2.32. The minimum Gasteiger partial charge on any atom is -0.387 e. The number of hydrogen-bond donors (Lipinski definition) is 1. The average Bonchev–Trinajstić information content (AvgIpc) is 2.81. The molecule has 0 spiro atoms. The van der Waals surface area contributed by atoms with E-state index in [1.807, 2.05) is 84.9 Å². The number of rotatable bonds is 5. The van der Waals surface area contributed by atoms with Gasteiger partial charge in [0, 0.05) is 12.1 Å². The van der Waals surface area contributed by atoms with E-state index in [-0.39, 0.29) is 18.5 Å². The van der Waals surface area contributed by atoms with Crippen molar-refractivity contribution < 1.29 is 14.7 Å². The molecule has 1 aliphatic heterocycles. The van der Waals surface area contributed by atoms with Gasteiger partial charge in [0.25, 0.3) is 0 Å². The van der Waals surface area contributed by atoms with E-state index in [0.717, 1.165) is 22.4 Å². The molecule has 3 aromatic carbocycles. The summed E-state index contributed by atoms with van der Waals surface area (Å²) in [6, 6.07) is 27.5. The minimum absolute atomic E-state index is 0.0416. The smallest absolute Gasteiger partial charge is 0.249 e. The van der Waals surface area contributed by atoms with Crippen LogP contribution in [0.1, 0.15) is 5.56 Å². The van der Waals surface area contributed by atoms with Crippen LogP contribution in [-0.4, -0.2) is 47.6 Å². The van der Waals surface area contributed by atoms with Gasteiger partial charge >= 0.3 is 0 Å². The summed E-state index contributed by atoms with van der Waals surface area (Å²) in [5.74, 6) is -0.565. The number of piperazine rings is 1. The van der Waals surface area contributed by atoms with Gasteiger partial charge < -0.3 is 14.9 Å². The lowest BCUT2D eigenvalue weighted by molar-refractivity contribution is -0.142. The minimum atomic E-state index is -0.598. The van der Waals surface area contributed by atoms with Crippen LogP contribution in [0.2, 0.25) is 0 Å². The van der Waals surface area contributed by atoms with Gasteiger partial charge in [-0.15, -0.1) is 0 Å². The molecule has 0 aliphatic carbocycles. The number of carbonyl (C=O) groups excluding carboxylic acids is 2. The Hall–Kier alpha value is -3.44. The summed E-state index contributed by atoms with van der Waals surface area (Å²) >= 11 is 0. The molecule has 4 rings (SSSR count). The summed E-state index contributed by atoms with van der Waals surface area (Å²) in [5.41, 5.74) is 3.94.